The molecule has 6 aromatic heterocycles. The lowest BCUT2D eigenvalue weighted by molar-refractivity contribution is -0.116. The van der Waals surface area contributed by atoms with Gasteiger partial charge in [0.25, 0.3) is 5.91 Å². The number of aromatic nitrogens is 8. The number of imidazole rings is 2. The minimum atomic E-state index is -0.231. The van der Waals surface area contributed by atoms with Crippen LogP contribution < -0.4 is 27.4 Å². The number of carbonyl (C=O) groups is 3. The smallest absolute Gasteiger partial charge is 0.251 e. The Morgan fingerprint density at radius 1 is 0.571 bits per heavy atom. The van der Waals surface area contributed by atoms with Gasteiger partial charge in [-0.1, -0.05) is 48.5 Å². The van der Waals surface area contributed by atoms with Crippen LogP contribution in [0.2, 0.25) is 0 Å². The fourth-order valence-electron chi connectivity index (χ4n) is 7.84. The molecule has 4 aromatic carbocycles. The van der Waals surface area contributed by atoms with Gasteiger partial charge in [0, 0.05) is 66.1 Å². The van der Waals surface area contributed by atoms with E-state index in [-0.39, 0.29) is 24.1 Å². The molecule has 0 saturated carbocycles. The largest absolute Gasteiger partial charge is 0.383 e. The number of aryl methyl sites for hydroxylation is 2. The summed E-state index contributed by atoms with van der Waals surface area (Å²) in [5.74, 6) is 1.62. The fraction of sp³-hybridized carbons (Fsp3) is 0.0926. The molecule has 10 aromatic rings. The fourth-order valence-corrected chi connectivity index (χ4v) is 7.84. The minimum Gasteiger partial charge on any atom is -0.383 e. The summed E-state index contributed by atoms with van der Waals surface area (Å²) in [5, 5.41) is 8.52. The van der Waals surface area contributed by atoms with Crippen molar-refractivity contribution in [1.29, 1.82) is 0 Å². The molecule has 346 valence electrons. The molecular formula is C54H47N13O3. The monoisotopic (exact) mass is 925 g/mol. The molecule has 70 heavy (non-hydrogen) atoms. The molecule has 3 amide bonds. The summed E-state index contributed by atoms with van der Waals surface area (Å²) < 4.78 is 3.93. The number of anilines is 4. The second kappa shape index (κ2) is 20.1. The number of fused-ring (bicyclic) bond motifs is 2. The van der Waals surface area contributed by atoms with Gasteiger partial charge in [0.05, 0.1) is 17.5 Å². The molecule has 0 aliphatic rings. The molecule has 0 unspecified atom stereocenters. The van der Waals surface area contributed by atoms with Gasteiger partial charge in [-0.2, -0.15) is 0 Å². The van der Waals surface area contributed by atoms with E-state index in [4.69, 9.17) is 26.4 Å². The van der Waals surface area contributed by atoms with Crippen LogP contribution in [0.4, 0.5) is 23.0 Å². The average Bonchev–Trinajstić information content (AvgIpc) is 3.92. The number of nitrogen functional groups attached to an aromatic ring is 2. The number of nitrogens with one attached hydrogen (secondary N) is 3. The Hall–Kier alpha value is -9.57. The Balaban J connectivity index is 0.000000175. The van der Waals surface area contributed by atoms with Crippen molar-refractivity contribution in [3.63, 3.8) is 0 Å². The van der Waals surface area contributed by atoms with Crippen molar-refractivity contribution in [1.82, 2.24) is 44.4 Å². The van der Waals surface area contributed by atoms with Gasteiger partial charge in [-0.3, -0.25) is 23.5 Å². The van der Waals surface area contributed by atoms with Gasteiger partial charge in [-0.25, -0.2) is 29.9 Å². The van der Waals surface area contributed by atoms with E-state index in [1.807, 2.05) is 151 Å². The Morgan fingerprint density at radius 3 is 1.83 bits per heavy atom. The van der Waals surface area contributed by atoms with Gasteiger partial charge in [0.2, 0.25) is 11.8 Å². The molecule has 10 rings (SSSR count). The number of hydrogen-bond acceptors (Lipinski definition) is 11. The quantitative estimate of drug-likeness (QED) is 0.0824. The highest BCUT2D eigenvalue weighted by atomic mass is 16.2. The molecule has 0 aliphatic carbocycles. The van der Waals surface area contributed by atoms with E-state index >= 15 is 0 Å². The van der Waals surface area contributed by atoms with E-state index in [1.54, 1.807) is 36.7 Å². The number of carbonyl (C=O) groups excluding carboxylic acids is 3. The van der Waals surface area contributed by atoms with Gasteiger partial charge in [-0.05, 0) is 128 Å². The van der Waals surface area contributed by atoms with Crippen molar-refractivity contribution in [2.75, 3.05) is 22.1 Å². The molecule has 0 saturated heterocycles. The number of para-hydroxylation sites is 1. The van der Waals surface area contributed by atoms with Crippen LogP contribution in [-0.2, 0) is 22.6 Å². The highest BCUT2D eigenvalue weighted by Crippen LogP contribution is 2.32. The molecule has 16 nitrogen and oxygen atoms in total. The lowest BCUT2D eigenvalue weighted by atomic mass is 10.1. The maximum Gasteiger partial charge on any atom is 0.251 e. The molecule has 16 heteroatoms. The number of benzene rings is 4. The Kier molecular flexibility index (Phi) is 13.1. The number of amides is 3. The molecule has 7 N–H and O–H groups in total. The van der Waals surface area contributed by atoms with E-state index < -0.39 is 0 Å². The predicted octanol–water partition coefficient (Wildman–Crippen LogP) is 8.82. The zero-order chi connectivity index (χ0) is 48.7. The van der Waals surface area contributed by atoms with E-state index in [2.05, 4.69) is 30.9 Å². The summed E-state index contributed by atoms with van der Waals surface area (Å²) in [4.78, 5) is 63.8. The molecule has 6 heterocycles. The summed E-state index contributed by atoms with van der Waals surface area (Å²) >= 11 is 0. The predicted molar refractivity (Wildman–Crippen MR) is 273 cm³/mol. The van der Waals surface area contributed by atoms with Gasteiger partial charge >= 0.3 is 0 Å². The van der Waals surface area contributed by atoms with Gasteiger partial charge in [0.1, 0.15) is 22.7 Å². The maximum absolute atomic E-state index is 12.7. The molecular weight excluding hydrogens is 879 g/mol. The number of rotatable bonds is 11. The van der Waals surface area contributed by atoms with E-state index in [1.165, 1.54) is 6.92 Å². The summed E-state index contributed by atoms with van der Waals surface area (Å²) in [6, 6.07) is 45.2. The van der Waals surface area contributed by atoms with Crippen LogP contribution in [0.3, 0.4) is 0 Å². The van der Waals surface area contributed by atoms with Crippen molar-refractivity contribution in [3.05, 3.63) is 192 Å². The van der Waals surface area contributed by atoms with Crippen LogP contribution in [-0.4, -0.2) is 56.8 Å². The summed E-state index contributed by atoms with van der Waals surface area (Å²) in [6.07, 6.45) is 5.40. The molecule has 0 bridgehead atoms. The highest BCUT2D eigenvalue weighted by Gasteiger charge is 2.20. The molecule has 0 spiro atoms. The summed E-state index contributed by atoms with van der Waals surface area (Å²) in [7, 11) is 0. The first-order valence-corrected chi connectivity index (χ1v) is 22.3. The number of pyridine rings is 4. The van der Waals surface area contributed by atoms with Crippen molar-refractivity contribution >= 4 is 63.1 Å². The lowest BCUT2D eigenvalue weighted by Gasteiger charge is -2.12. The number of hydrogen-bond donors (Lipinski definition) is 5. The lowest BCUT2D eigenvalue weighted by Crippen LogP contribution is -2.23. The molecule has 0 radical (unpaired) electrons. The first-order valence-electron chi connectivity index (χ1n) is 22.3. The standard InChI is InChI=1S/C28H25N7O2.C26H22N6O/c1-17-8-13-24-27(32-17)35(26(34-24)23-7-4-14-30-25(23)29)22-11-9-19(10-12-22)16-31-28(37)20-5-3-6-21(15-20)33-18(2)36;1-17-14-22-26(29-16-17)32(25(31-22)21-8-5-13-28-24(21)27)20-11-9-18(10-12-20)15-23(33)30-19-6-3-2-4-7-19/h3-15H,16H2,1-2H3,(H2,29,30)(H,31,37)(H,33,36);2-14,16H,15H2,1H3,(H2,27,28)(H,30,33). The van der Waals surface area contributed by atoms with E-state index in [0.29, 0.717) is 41.1 Å². The van der Waals surface area contributed by atoms with Crippen LogP contribution in [0.25, 0.3) is 56.5 Å². The highest BCUT2D eigenvalue weighted by molar-refractivity contribution is 5.97. The molecule has 0 atom stereocenters. The topological polar surface area (TPSA) is 227 Å². The second-order valence-corrected chi connectivity index (χ2v) is 16.4. The van der Waals surface area contributed by atoms with E-state index in [9.17, 15) is 14.4 Å². The Bertz CT molecular complexity index is 3530. The SMILES string of the molecule is CC(=O)Nc1cccc(C(=O)NCc2ccc(-n3c(-c4cccnc4N)nc4ccc(C)nc43)cc2)c1.Cc1cnc2c(c1)nc(-c1cccnc1N)n2-c1ccc(CC(=O)Nc2ccccc2)cc1. The molecule has 0 fully saturated rings. The van der Waals surface area contributed by atoms with E-state index in [0.717, 1.165) is 72.9 Å². The van der Waals surface area contributed by atoms with Crippen molar-refractivity contribution in [3.8, 4) is 34.2 Å². The van der Waals surface area contributed by atoms with Gasteiger partial charge < -0.3 is 27.4 Å². The number of nitrogens with two attached hydrogens (primary N) is 2. The minimum absolute atomic E-state index is 0.0667. The number of nitrogens with zero attached hydrogens (tertiary/aromatic N) is 8. The van der Waals surface area contributed by atoms with Crippen LogP contribution in [0.5, 0.6) is 0 Å². The second-order valence-electron chi connectivity index (χ2n) is 16.4. The summed E-state index contributed by atoms with van der Waals surface area (Å²) in [6.45, 7) is 5.69. The van der Waals surface area contributed by atoms with Crippen LogP contribution in [0.15, 0.2) is 164 Å². The normalized spacial score (nSPS) is 10.9. The maximum atomic E-state index is 12.7. The van der Waals surface area contributed by atoms with Crippen LogP contribution in [0, 0.1) is 13.8 Å². The Morgan fingerprint density at radius 2 is 1.19 bits per heavy atom. The van der Waals surface area contributed by atoms with Crippen molar-refractivity contribution in [2.45, 2.75) is 33.7 Å². The summed E-state index contributed by atoms with van der Waals surface area (Å²) in [5.41, 5.74) is 24.1. The first kappa shape index (κ1) is 45.6. The van der Waals surface area contributed by atoms with Crippen LogP contribution >= 0.6 is 0 Å². The third-order valence-electron chi connectivity index (χ3n) is 11.1. The van der Waals surface area contributed by atoms with Crippen LogP contribution in [0.1, 0.15) is 39.7 Å². The Labute approximate surface area is 402 Å². The van der Waals surface area contributed by atoms with Crippen molar-refractivity contribution in [2.24, 2.45) is 0 Å². The zero-order valence-electron chi connectivity index (χ0n) is 38.5. The third-order valence-corrected chi connectivity index (χ3v) is 11.1. The zero-order valence-corrected chi connectivity index (χ0v) is 38.5. The average molecular weight is 926 g/mol. The van der Waals surface area contributed by atoms with Crippen molar-refractivity contribution < 1.29 is 14.4 Å². The third kappa shape index (κ3) is 10.2. The molecule has 0 aliphatic heterocycles. The first-order chi connectivity index (χ1) is 34.0. The van der Waals surface area contributed by atoms with Gasteiger partial charge in [0.15, 0.2) is 22.9 Å². The van der Waals surface area contributed by atoms with Gasteiger partial charge in [-0.15, -0.1) is 0 Å².